The highest BCUT2D eigenvalue weighted by Crippen LogP contribution is 2.31. The number of β-amino-alcohol motifs (C(OH)–C–C–N with tert-alkyl or cyclic N) is 1. The minimum atomic E-state index is -0.364. The second kappa shape index (κ2) is 10.5. The van der Waals surface area contributed by atoms with E-state index in [0.717, 1.165) is 46.5 Å². The van der Waals surface area contributed by atoms with Crippen molar-refractivity contribution >= 4 is 34.9 Å². The molecule has 1 saturated heterocycles. The summed E-state index contributed by atoms with van der Waals surface area (Å²) in [6.07, 6.45) is -0.364. The van der Waals surface area contributed by atoms with Crippen molar-refractivity contribution in [2.45, 2.75) is 20.5 Å². The first-order valence-corrected chi connectivity index (χ1v) is 11.2. The van der Waals surface area contributed by atoms with Crippen molar-refractivity contribution in [3.05, 3.63) is 29.8 Å². The van der Waals surface area contributed by atoms with E-state index in [-0.39, 0.29) is 6.10 Å². The molecule has 1 aromatic carbocycles. The molecule has 6 nitrogen and oxygen atoms in total. The van der Waals surface area contributed by atoms with Crippen LogP contribution in [-0.4, -0.2) is 72.0 Å². The molecule has 0 unspecified atom stereocenters. The van der Waals surface area contributed by atoms with Crippen LogP contribution in [0.2, 0.25) is 0 Å². The maximum atomic E-state index is 10.2. The van der Waals surface area contributed by atoms with Gasteiger partial charge in [-0.25, -0.2) is 0 Å². The molecule has 0 saturated carbocycles. The number of methoxy groups -OCH3 is 1. The zero-order valence-electron chi connectivity index (χ0n) is 14.7. The maximum absolute atomic E-state index is 10.2. The minimum Gasteiger partial charge on any atom is -0.497 e. The van der Waals surface area contributed by atoms with Crippen molar-refractivity contribution in [1.82, 2.24) is 15.1 Å². The molecule has 1 aromatic heterocycles. The number of ether oxygens (including phenoxy) is 2. The van der Waals surface area contributed by atoms with Gasteiger partial charge in [0.15, 0.2) is 8.68 Å². The van der Waals surface area contributed by atoms with Crippen LogP contribution >= 0.6 is 34.9 Å². The molecule has 142 valence electrons. The number of benzene rings is 1. The highest BCUT2D eigenvalue weighted by Gasteiger charge is 2.16. The molecule has 0 bridgehead atoms. The quantitative estimate of drug-likeness (QED) is 0.630. The van der Waals surface area contributed by atoms with Crippen LogP contribution in [0.15, 0.2) is 32.9 Å². The Bertz CT molecular complexity index is 663. The van der Waals surface area contributed by atoms with E-state index >= 15 is 0 Å². The molecule has 9 heteroatoms. The van der Waals surface area contributed by atoms with Crippen molar-refractivity contribution in [2.24, 2.45) is 0 Å². The predicted octanol–water partition coefficient (Wildman–Crippen LogP) is 2.62. The van der Waals surface area contributed by atoms with Crippen LogP contribution in [0.1, 0.15) is 5.56 Å². The van der Waals surface area contributed by atoms with Crippen molar-refractivity contribution in [3.63, 3.8) is 0 Å². The Hall–Kier alpha value is -0.840. The molecule has 3 rings (SSSR count). The molecule has 0 spiro atoms. The fourth-order valence-electron chi connectivity index (χ4n) is 2.48. The molecule has 1 aliphatic heterocycles. The second-order valence-corrected chi connectivity index (χ2v) is 9.32. The van der Waals surface area contributed by atoms with E-state index in [4.69, 9.17) is 9.47 Å². The third-order valence-electron chi connectivity index (χ3n) is 3.88. The van der Waals surface area contributed by atoms with E-state index < -0.39 is 0 Å². The second-order valence-electron chi connectivity index (χ2n) is 5.85. The number of rotatable bonds is 9. The molecule has 2 aromatic rings. The maximum Gasteiger partial charge on any atom is 0.175 e. The summed E-state index contributed by atoms with van der Waals surface area (Å²) >= 11 is 4.83. The molecule has 0 radical (unpaired) electrons. The van der Waals surface area contributed by atoms with Gasteiger partial charge in [-0.1, -0.05) is 47.0 Å². The first kappa shape index (κ1) is 19.9. The molecule has 1 aliphatic rings. The Morgan fingerprint density at radius 1 is 1.19 bits per heavy atom. The summed E-state index contributed by atoms with van der Waals surface area (Å²) in [6, 6.07) is 8.05. The number of aliphatic hydroxyl groups excluding tert-OH is 1. The van der Waals surface area contributed by atoms with Gasteiger partial charge in [-0.15, -0.1) is 10.2 Å². The Balaban J connectivity index is 1.39. The summed E-state index contributed by atoms with van der Waals surface area (Å²) in [5.41, 5.74) is 1.22. The molecule has 0 amide bonds. The summed E-state index contributed by atoms with van der Waals surface area (Å²) in [7, 11) is 1.67. The topological polar surface area (TPSA) is 67.7 Å². The molecule has 0 aliphatic carbocycles. The third-order valence-corrected chi connectivity index (χ3v) is 7.29. The van der Waals surface area contributed by atoms with Crippen LogP contribution in [-0.2, 0) is 10.5 Å². The lowest BCUT2D eigenvalue weighted by molar-refractivity contribution is 0.0188. The van der Waals surface area contributed by atoms with E-state index in [0.29, 0.717) is 12.3 Å². The summed E-state index contributed by atoms with van der Waals surface area (Å²) in [5.74, 6) is 2.35. The molecule has 26 heavy (non-hydrogen) atoms. The summed E-state index contributed by atoms with van der Waals surface area (Å²) < 4.78 is 12.4. The van der Waals surface area contributed by atoms with Crippen LogP contribution in [0.5, 0.6) is 5.75 Å². The number of hydrogen-bond acceptors (Lipinski definition) is 9. The number of aromatic nitrogens is 2. The number of nitrogens with zero attached hydrogens (tertiary/aromatic N) is 3. The van der Waals surface area contributed by atoms with Gasteiger partial charge in [0, 0.05) is 31.1 Å². The monoisotopic (exact) mass is 413 g/mol. The normalized spacial score (nSPS) is 16.5. The van der Waals surface area contributed by atoms with Gasteiger partial charge in [0.2, 0.25) is 0 Å². The van der Waals surface area contributed by atoms with Crippen molar-refractivity contribution in [2.75, 3.05) is 45.7 Å². The third kappa shape index (κ3) is 6.40. The number of morpholine rings is 1. The summed E-state index contributed by atoms with van der Waals surface area (Å²) in [4.78, 5) is 2.24. The zero-order chi connectivity index (χ0) is 18.2. The Morgan fingerprint density at radius 3 is 2.58 bits per heavy atom. The predicted molar refractivity (Wildman–Crippen MR) is 106 cm³/mol. The van der Waals surface area contributed by atoms with Gasteiger partial charge in [-0.2, -0.15) is 0 Å². The van der Waals surface area contributed by atoms with Crippen LogP contribution in [0.4, 0.5) is 0 Å². The van der Waals surface area contributed by atoms with Gasteiger partial charge in [0.25, 0.3) is 0 Å². The summed E-state index contributed by atoms with van der Waals surface area (Å²) in [5, 5.41) is 18.7. The van der Waals surface area contributed by atoms with Gasteiger partial charge < -0.3 is 14.6 Å². The van der Waals surface area contributed by atoms with Crippen molar-refractivity contribution in [1.29, 1.82) is 0 Å². The fraction of sp³-hybridized carbons (Fsp3) is 0.529. The highest BCUT2D eigenvalue weighted by atomic mass is 32.2. The molecule has 2 heterocycles. The molecule has 1 fully saturated rings. The molecular formula is C17H23N3O3S3. The highest BCUT2D eigenvalue weighted by molar-refractivity contribution is 8.02. The Labute approximate surface area is 166 Å². The van der Waals surface area contributed by atoms with Crippen LogP contribution in [0.25, 0.3) is 0 Å². The lowest BCUT2D eigenvalue weighted by atomic mass is 10.2. The van der Waals surface area contributed by atoms with Gasteiger partial charge >= 0.3 is 0 Å². The zero-order valence-corrected chi connectivity index (χ0v) is 17.1. The average molecular weight is 414 g/mol. The van der Waals surface area contributed by atoms with E-state index in [2.05, 4.69) is 27.2 Å². The fourth-order valence-corrected chi connectivity index (χ4v) is 5.40. The molecule has 1 atom stereocenters. The van der Waals surface area contributed by atoms with Crippen LogP contribution in [0.3, 0.4) is 0 Å². The average Bonchev–Trinajstić information content (AvgIpc) is 3.14. The largest absolute Gasteiger partial charge is 0.497 e. The number of aliphatic hydroxyl groups is 1. The van der Waals surface area contributed by atoms with Crippen LogP contribution < -0.4 is 4.74 Å². The first-order valence-electron chi connectivity index (χ1n) is 8.43. The van der Waals surface area contributed by atoms with Crippen LogP contribution in [0, 0.1) is 0 Å². The van der Waals surface area contributed by atoms with E-state index in [1.807, 2.05) is 12.1 Å². The Kier molecular flexibility index (Phi) is 8.03. The smallest absolute Gasteiger partial charge is 0.175 e. The summed E-state index contributed by atoms with van der Waals surface area (Å²) in [6.45, 7) is 3.99. The number of hydrogen-bond donors (Lipinski definition) is 1. The van der Waals surface area contributed by atoms with Gasteiger partial charge in [0.05, 0.1) is 26.4 Å². The van der Waals surface area contributed by atoms with Gasteiger partial charge in [0.1, 0.15) is 5.75 Å². The SMILES string of the molecule is COc1ccc(CSc2nnc(SC[C@@H](O)CN3CCOCC3)s2)cc1. The lowest BCUT2D eigenvalue weighted by Crippen LogP contribution is -2.41. The molecular weight excluding hydrogens is 390 g/mol. The van der Waals surface area contributed by atoms with Crippen molar-refractivity contribution in [3.8, 4) is 5.75 Å². The molecule has 1 N–H and O–H groups in total. The van der Waals surface area contributed by atoms with E-state index in [1.165, 1.54) is 5.56 Å². The van der Waals surface area contributed by atoms with E-state index in [9.17, 15) is 5.11 Å². The Morgan fingerprint density at radius 2 is 1.88 bits per heavy atom. The van der Waals surface area contributed by atoms with Gasteiger partial charge in [-0.3, -0.25) is 4.90 Å². The minimum absolute atomic E-state index is 0.364. The van der Waals surface area contributed by atoms with Gasteiger partial charge in [-0.05, 0) is 17.7 Å². The first-order chi connectivity index (χ1) is 12.7. The number of thioether (sulfide) groups is 2. The van der Waals surface area contributed by atoms with E-state index in [1.54, 1.807) is 42.0 Å². The standard InChI is InChI=1S/C17H23N3O3S3/c1-22-15-4-2-13(3-5-15)11-24-16-18-19-17(26-16)25-12-14(21)10-20-6-8-23-9-7-20/h2-5,14,21H,6-12H2,1H3/t14-/m0/s1. The lowest BCUT2D eigenvalue weighted by Gasteiger charge is -2.28. The van der Waals surface area contributed by atoms with Crippen molar-refractivity contribution < 1.29 is 14.6 Å².